The zero-order valence-corrected chi connectivity index (χ0v) is 15.1. The Labute approximate surface area is 141 Å². The molecule has 0 bridgehead atoms. The normalized spacial score (nSPS) is 22.7. The maximum absolute atomic E-state index is 12.9. The maximum atomic E-state index is 12.9. The fourth-order valence-corrected chi connectivity index (χ4v) is 5.12. The van der Waals surface area contributed by atoms with Crippen LogP contribution in [0.3, 0.4) is 0 Å². The van der Waals surface area contributed by atoms with Gasteiger partial charge in [-0.15, -0.1) is 11.3 Å². The fourth-order valence-electron chi connectivity index (χ4n) is 2.60. The number of hydrogen-bond donors (Lipinski definition) is 1. The highest BCUT2D eigenvalue weighted by molar-refractivity contribution is 9.10. The smallest absolute Gasteiger partial charge is 0.266 e. The van der Waals surface area contributed by atoms with Crippen LogP contribution < -0.4 is 5.73 Å². The molecule has 1 fully saturated rings. The van der Waals surface area contributed by atoms with Crippen molar-refractivity contribution in [3.05, 3.63) is 27.5 Å². The quantitative estimate of drug-likeness (QED) is 0.800. The Bertz CT molecular complexity index is 700. The standard InChI is InChI=1S/C15H17BrN2OS2/c1-8-9(2)20-6-5-18(8)15(19)14-13(17)11-7-10(16)3-4-12(11)21-14/h3-4,7-9H,5-6,17H2,1-2H3. The van der Waals surface area contributed by atoms with Crippen LogP contribution in [0, 0.1) is 0 Å². The number of carbonyl (C=O) groups excluding carboxylic acids is 1. The van der Waals surface area contributed by atoms with Gasteiger partial charge in [0.25, 0.3) is 5.91 Å². The first kappa shape index (κ1) is 15.2. The van der Waals surface area contributed by atoms with E-state index >= 15 is 0 Å². The summed E-state index contributed by atoms with van der Waals surface area (Å²) >= 11 is 6.88. The van der Waals surface area contributed by atoms with Crippen LogP contribution >= 0.6 is 39.0 Å². The largest absolute Gasteiger partial charge is 0.397 e. The van der Waals surface area contributed by atoms with Gasteiger partial charge in [-0.1, -0.05) is 22.9 Å². The van der Waals surface area contributed by atoms with Crippen molar-refractivity contribution < 1.29 is 4.79 Å². The van der Waals surface area contributed by atoms with E-state index in [4.69, 9.17) is 5.73 Å². The predicted molar refractivity (Wildman–Crippen MR) is 96.4 cm³/mol. The first-order chi connectivity index (χ1) is 9.99. The van der Waals surface area contributed by atoms with Crippen molar-refractivity contribution in [2.24, 2.45) is 0 Å². The van der Waals surface area contributed by atoms with E-state index in [1.54, 1.807) is 0 Å². The van der Waals surface area contributed by atoms with Crippen molar-refractivity contribution in [3.63, 3.8) is 0 Å². The first-order valence-corrected chi connectivity index (χ1v) is 9.55. The highest BCUT2D eigenvalue weighted by Crippen LogP contribution is 2.37. The molecule has 1 aromatic heterocycles. The molecule has 0 aliphatic carbocycles. The molecule has 2 N–H and O–H groups in total. The first-order valence-electron chi connectivity index (χ1n) is 6.89. The van der Waals surface area contributed by atoms with Gasteiger partial charge >= 0.3 is 0 Å². The minimum absolute atomic E-state index is 0.0736. The van der Waals surface area contributed by atoms with E-state index in [-0.39, 0.29) is 11.9 Å². The average Bonchev–Trinajstić information content (AvgIpc) is 2.78. The number of thioether (sulfide) groups is 1. The van der Waals surface area contributed by atoms with E-state index in [2.05, 4.69) is 29.8 Å². The Balaban J connectivity index is 2.00. The summed E-state index contributed by atoms with van der Waals surface area (Å²) in [5, 5.41) is 1.43. The van der Waals surface area contributed by atoms with Crippen LogP contribution in [0.4, 0.5) is 5.69 Å². The zero-order valence-electron chi connectivity index (χ0n) is 11.9. The topological polar surface area (TPSA) is 46.3 Å². The summed E-state index contributed by atoms with van der Waals surface area (Å²) in [7, 11) is 0. The van der Waals surface area contributed by atoms with Gasteiger partial charge in [0.15, 0.2) is 0 Å². The summed E-state index contributed by atoms with van der Waals surface area (Å²) in [4.78, 5) is 15.5. The Kier molecular flexibility index (Phi) is 4.21. The Hall–Kier alpha value is -0.720. The van der Waals surface area contributed by atoms with E-state index < -0.39 is 0 Å². The Morgan fingerprint density at radius 1 is 1.43 bits per heavy atom. The number of amides is 1. The van der Waals surface area contributed by atoms with Gasteiger partial charge in [0.05, 0.1) is 5.69 Å². The molecule has 1 aliphatic heterocycles. The van der Waals surface area contributed by atoms with Crippen LogP contribution in [-0.2, 0) is 0 Å². The lowest BCUT2D eigenvalue weighted by Gasteiger charge is -2.37. The van der Waals surface area contributed by atoms with Gasteiger partial charge in [0.1, 0.15) is 4.88 Å². The molecule has 2 atom stereocenters. The van der Waals surface area contributed by atoms with Crippen molar-refractivity contribution in [2.75, 3.05) is 18.0 Å². The molecule has 0 radical (unpaired) electrons. The van der Waals surface area contributed by atoms with Crippen LogP contribution in [0.5, 0.6) is 0 Å². The zero-order chi connectivity index (χ0) is 15.1. The lowest BCUT2D eigenvalue weighted by atomic mass is 10.1. The van der Waals surface area contributed by atoms with Gasteiger partial charge in [-0.05, 0) is 25.1 Å². The van der Waals surface area contributed by atoms with Crippen LogP contribution in [0.2, 0.25) is 0 Å². The van der Waals surface area contributed by atoms with Crippen LogP contribution in [0.15, 0.2) is 22.7 Å². The molecular formula is C15H17BrN2OS2. The number of nitrogens with two attached hydrogens (primary N) is 1. The second-order valence-electron chi connectivity index (χ2n) is 5.30. The summed E-state index contributed by atoms with van der Waals surface area (Å²) in [5.41, 5.74) is 6.84. The predicted octanol–water partition coefficient (Wildman–Crippen LogP) is 4.21. The molecule has 2 unspecified atom stereocenters. The number of nitrogen functional groups attached to an aromatic ring is 1. The molecule has 3 rings (SSSR count). The molecule has 2 aromatic rings. The van der Waals surface area contributed by atoms with Gasteiger partial charge in [-0.25, -0.2) is 0 Å². The lowest BCUT2D eigenvalue weighted by molar-refractivity contribution is 0.0704. The summed E-state index contributed by atoms with van der Waals surface area (Å²) in [6, 6.07) is 6.22. The summed E-state index contributed by atoms with van der Waals surface area (Å²) in [6.07, 6.45) is 0. The van der Waals surface area contributed by atoms with E-state index in [0.29, 0.717) is 15.8 Å². The average molecular weight is 385 g/mol. The van der Waals surface area contributed by atoms with Crippen LogP contribution in [-0.4, -0.2) is 34.4 Å². The lowest BCUT2D eigenvalue weighted by Crippen LogP contribution is -2.47. The summed E-state index contributed by atoms with van der Waals surface area (Å²) in [6.45, 7) is 5.10. The molecule has 2 heterocycles. The molecular weight excluding hydrogens is 368 g/mol. The number of nitrogens with zero attached hydrogens (tertiary/aromatic N) is 1. The van der Waals surface area contributed by atoms with Crippen molar-refractivity contribution in [3.8, 4) is 0 Å². The van der Waals surface area contributed by atoms with Crippen molar-refractivity contribution in [2.45, 2.75) is 25.1 Å². The van der Waals surface area contributed by atoms with E-state index in [9.17, 15) is 4.79 Å². The number of rotatable bonds is 1. The third kappa shape index (κ3) is 2.69. The van der Waals surface area contributed by atoms with Gasteiger partial charge in [0.2, 0.25) is 0 Å². The van der Waals surface area contributed by atoms with Crippen molar-refractivity contribution >= 4 is 60.7 Å². The number of carbonyl (C=O) groups is 1. The summed E-state index contributed by atoms with van der Waals surface area (Å²) in [5.74, 6) is 1.07. The number of thiophene rings is 1. The third-order valence-corrected chi connectivity index (χ3v) is 7.03. The SMILES string of the molecule is CC1SCCN(C(=O)c2sc3ccc(Br)cc3c2N)C1C. The van der Waals surface area contributed by atoms with Crippen molar-refractivity contribution in [1.82, 2.24) is 4.90 Å². The highest BCUT2D eigenvalue weighted by atomic mass is 79.9. The molecule has 21 heavy (non-hydrogen) atoms. The van der Waals surface area contributed by atoms with Gasteiger partial charge in [0, 0.05) is 38.1 Å². The van der Waals surface area contributed by atoms with E-state index in [1.807, 2.05) is 34.9 Å². The van der Waals surface area contributed by atoms with E-state index in [0.717, 1.165) is 26.9 Å². The second kappa shape index (κ2) is 5.82. The monoisotopic (exact) mass is 384 g/mol. The molecule has 0 spiro atoms. The fraction of sp³-hybridized carbons (Fsp3) is 0.400. The second-order valence-corrected chi connectivity index (χ2v) is 8.75. The molecule has 1 aliphatic rings. The van der Waals surface area contributed by atoms with Crippen LogP contribution in [0.25, 0.3) is 10.1 Å². The maximum Gasteiger partial charge on any atom is 0.266 e. The molecule has 3 nitrogen and oxygen atoms in total. The number of benzene rings is 1. The number of halogens is 1. The van der Waals surface area contributed by atoms with Gasteiger partial charge < -0.3 is 10.6 Å². The molecule has 112 valence electrons. The van der Waals surface area contributed by atoms with Crippen molar-refractivity contribution in [1.29, 1.82) is 0 Å². The van der Waals surface area contributed by atoms with Gasteiger partial charge in [-0.2, -0.15) is 11.8 Å². The minimum atomic E-state index is 0.0736. The molecule has 0 saturated carbocycles. The minimum Gasteiger partial charge on any atom is -0.397 e. The molecule has 6 heteroatoms. The van der Waals surface area contributed by atoms with Gasteiger partial charge in [-0.3, -0.25) is 4.79 Å². The number of hydrogen-bond acceptors (Lipinski definition) is 4. The summed E-state index contributed by atoms with van der Waals surface area (Å²) < 4.78 is 2.04. The third-order valence-electron chi connectivity index (χ3n) is 4.03. The molecule has 1 aromatic carbocycles. The van der Waals surface area contributed by atoms with E-state index in [1.165, 1.54) is 11.3 Å². The Morgan fingerprint density at radius 2 is 2.19 bits per heavy atom. The number of anilines is 1. The Morgan fingerprint density at radius 3 is 2.95 bits per heavy atom. The molecule has 1 saturated heterocycles. The highest BCUT2D eigenvalue weighted by Gasteiger charge is 2.31. The molecule has 1 amide bonds. The van der Waals surface area contributed by atoms with Crippen LogP contribution in [0.1, 0.15) is 23.5 Å². The number of fused-ring (bicyclic) bond motifs is 1.